The molecule has 0 atom stereocenters. The van der Waals surface area contributed by atoms with Crippen molar-refractivity contribution in [2.75, 3.05) is 6.54 Å². The Morgan fingerprint density at radius 3 is 2.74 bits per heavy atom. The van der Waals surface area contributed by atoms with Crippen molar-refractivity contribution in [3.05, 3.63) is 33.8 Å². The number of halogens is 3. The first-order chi connectivity index (χ1) is 9.04. The van der Waals surface area contributed by atoms with Crippen molar-refractivity contribution in [1.29, 1.82) is 0 Å². The van der Waals surface area contributed by atoms with Crippen LogP contribution in [0.25, 0.3) is 10.4 Å². The van der Waals surface area contributed by atoms with Gasteiger partial charge in [0.05, 0.1) is 0 Å². The predicted octanol–water partition coefficient (Wildman–Crippen LogP) is 4.91. The first-order valence-corrected chi connectivity index (χ1v) is 7.69. The Kier molecular flexibility index (Phi) is 5.01. The molecular formula is C13H14F3NS2. The quantitative estimate of drug-likeness (QED) is 0.748. The highest BCUT2D eigenvalue weighted by atomic mass is 32.1. The Balaban J connectivity index is 1.72. The molecule has 0 saturated carbocycles. The van der Waals surface area contributed by atoms with Gasteiger partial charge in [-0.15, -0.1) is 22.7 Å². The predicted molar refractivity (Wildman–Crippen MR) is 74.6 cm³/mol. The van der Waals surface area contributed by atoms with Crippen molar-refractivity contribution in [3.63, 3.8) is 0 Å². The lowest BCUT2D eigenvalue weighted by molar-refractivity contribution is -0.135. The molecular weight excluding hydrogens is 291 g/mol. The number of thiophene rings is 2. The van der Waals surface area contributed by atoms with Crippen LogP contribution in [0.1, 0.15) is 17.7 Å². The van der Waals surface area contributed by atoms with E-state index in [1.807, 2.05) is 11.4 Å². The fourth-order valence-corrected chi connectivity index (χ4v) is 3.31. The Hall–Kier alpha value is -0.850. The van der Waals surface area contributed by atoms with E-state index in [4.69, 9.17) is 0 Å². The molecule has 0 aliphatic rings. The number of hydrogen-bond donors (Lipinski definition) is 1. The minimum absolute atomic E-state index is 0.132. The van der Waals surface area contributed by atoms with Crippen LogP contribution in [0, 0.1) is 0 Å². The molecule has 0 saturated heterocycles. The van der Waals surface area contributed by atoms with Crippen LogP contribution >= 0.6 is 22.7 Å². The van der Waals surface area contributed by atoms with E-state index in [0.29, 0.717) is 13.1 Å². The van der Waals surface area contributed by atoms with E-state index in [-0.39, 0.29) is 6.42 Å². The van der Waals surface area contributed by atoms with Crippen molar-refractivity contribution in [2.45, 2.75) is 25.6 Å². The molecule has 0 aromatic carbocycles. The molecule has 1 N–H and O–H groups in total. The van der Waals surface area contributed by atoms with Gasteiger partial charge in [-0.2, -0.15) is 13.2 Å². The van der Waals surface area contributed by atoms with Gasteiger partial charge in [0.15, 0.2) is 0 Å². The third kappa shape index (κ3) is 4.97. The van der Waals surface area contributed by atoms with E-state index in [9.17, 15) is 13.2 Å². The summed E-state index contributed by atoms with van der Waals surface area (Å²) < 4.78 is 35.8. The lowest BCUT2D eigenvalue weighted by Gasteiger charge is -2.06. The Morgan fingerprint density at radius 2 is 2.05 bits per heavy atom. The molecule has 104 valence electrons. The highest BCUT2D eigenvalue weighted by Crippen LogP contribution is 2.29. The van der Waals surface area contributed by atoms with Gasteiger partial charge in [0.2, 0.25) is 0 Å². The monoisotopic (exact) mass is 305 g/mol. The first-order valence-electron chi connectivity index (χ1n) is 5.93. The minimum Gasteiger partial charge on any atom is -0.312 e. The van der Waals surface area contributed by atoms with Crippen molar-refractivity contribution in [2.24, 2.45) is 0 Å². The third-order valence-corrected chi connectivity index (χ3v) is 4.43. The van der Waals surface area contributed by atoms with E-state index >= 15 is 0 Å². The van der Waals surface area contributed by atoms with Gasteiger partial charge in [-0.05, 0) is 35.9 Å². The number of alkyl halides is 3. The van der Waals surface area contributed by atoms with Crippen LogP contribution < -0.4 is 5.32 Å². The maximum absolute atomic E-state index is 11.9. The molecule has 0 bridgehead atoms. The zero-order chi connectivity index (χ0) is 13.7. The average molecular weight is 305 g/mol. The van der Waals surface area contributed by atoms with Gasteiger partial charge < -0.3 is 5.32 Å². The van der Waals surface area contributed by atoms with Crippen molar-refractivity contribution in [1.82, 2.24) is 5.32 Å². The van der Waals surface area contributed by atoms with E-state index < -0.39 is 12.6 Å². The van der Waals surface area contributed by atoms with Crippen LogP contribution in [0.4, 0.5) is 13.2 Å². The molecule has 19 heavy (non-hydrogen) atoms. The summed E-state index contributed by atoms with van der Waals surface area (Å²) in [5, 5.41) is 7.16. The van der Waals surface area contributed by atoms with E-state index in [1.54, 1.807) is 22.7 Å². The Bertz CT molecular complexity index is 488. The van der Waals surface area contributed by atoms with Gasteiger partial charge in [-0.3, -0.25) is 0 Å². The third-order valence-electron chi connectivity index (χ3n) is 2.57. The average Bonchev–Trinajstić information content (AvgIpc) is 2.97. The van der Waals surface area contributed by atoms with E-state index in [0.717, 1.165) is 4.88 Å². The Morgan fingerprint density at radius 1 is 1.21 bits per heavy atom. The molecule has 0 aliphatic heterocycles. The van der Waals surface area contributed by atoms with Crippen molar-refractivity contribution in [3.8, 4) is 10.4 Å². The minimum atomic E-state index is -4.04. The highest BCUT2D eigenvalue weighted by molar-refractivity contribution is 7.14. The molecule has 0 aliphatic carbocycles. The molecule has 1 nitrogen and oxygen atoms in total. The summed E-state index contributed by atoms with van der Waals surface area (Å²) in [6.45, 7) is 1.03. The zero-order valence-electron chi connectivity index (χ0n) is 10.2. The molecule has 6 heteroatoms. The fourth-order valence-electron chi connectivity index (χ4n) is 1.67. The van der Waals surface area contributed by atoms with Gasteiger partial charge in [0.25, 0.3) is 0 Å². The summed E-state index contributed by atoms with van der Waals surface area (Å²) in [7, 11) is 0. The molecule has 2 aromatic rings. The second-order valence-corrected chi connectivity index (χ2v) is 6.12. The summed E-state index contributed by atoms with van der Waals surface area (Å²) in [6, 6.07) is 6.16. The van der Waals surface area contributed by atoms with E-state index in [2.05, 4.69) is 22.8 Å². The normalized spacial score (nSPS) is 11.9. The maximum atomic E-state index is 11.9. The number of nitrogens with one attached hydrogen (secondary N) is 1. The van der Waals surface area contributed by atoms with Crippen LogP contribution in [-0.2, 0) is 6.54 Å². The largest absolute Gasteiger partial charge is 0.389 e. The van der Waals surface area contributed by atoms with Crippen LogP contribution in [0.15, 0.2) is 29.0 Å². The van der Waals surface area contributed by atoms with Gasteiger partial charge in [0, 0.05) is 28.3 Å². The first kappa shape index (κ1) is 14.6. The summed E-state index contributed by atoms with van der Waals surface area (Å²) in [6.07, 6.45) is -4.63. The standard InChI is InChI=1S/C13H14F3NS2/c14-13(15,16)4-2-5-17-8-11-7-10(9-19-11)12-3-1-6-18-12/h1,3,6-7,9,17H,2,4-5,8H2. The summed E-state index contributed by atoms with van der Waals surface area (Å²) in [5.41, 5.74) is 1.19. The second-order valence-electron chi connectivity index (χ2n) is 4.17. The van der Waals surface area contributed by atoms with Crippen molar-refractivity contribution >= 4 is 22.7 Å². The van der Waals surface area contributed by atoms with E-state index in [1.165, 1.54) is 10.4 Å². The lowest BCUT2D eigenvalue weighted by atomic mass is 10.2. The van der Waals surface area contributed by atoms with Crippen molar-refractivity contribution < 1.29 is 13.2 Å². The fraction of sp³-hybridized carbons (Fsp3) is 0.385. The zero-order valence-corrected chi connectivity index (χ0v) is 11.8. The van der Waals surface area contributed by atoms with Crippen LogP contribution in [0.5, 0.6) is 0 Å². The second kappa shape index (κ2) is 6.54. The van der Waals surface area contributed by atoms with Crippen LogP contribution in [0.3, 0.4) is 0 Å². The lowest BCUT2D eigenvalue weighted by Crippen LogP contribution is -2.17. The molecule has 0 fully saturated rings. The molecule has 2 rings (SSSR count). The van der Waals surface area contributed by atoms with Gasteiger partial charge >= 0.3 is 6.18 Å². The molecule has 2 heterocycles. The molecule has 0 amide bonds. The summed E-state index contributed by atoms with van der Waals surface area (Å²) >= 11 is 3.32. The molecule has 0 spiro atoms. The number of hydrogen-bond acceptors (Lipinski definition) is 3. The van der Waals surface area contributed by atoms with Gasteiger partial charge in [-0.25, -0.2) is 0 Å². The number of rotatable bonds is 6. The summed E-state index contributed by atoms with van der Waals surface area (Å²) in [4.78, 5) is 2.37. The molecule has 0 unspecified atom stereocenters. The van der Waals surface area contributed by atoms with Crippen LogP contribution in [0.2, 0.25) is 0 Å². The highest BCUT2D eigenvalue weighted by Gasteiger charge is 2.25. The Labute approximate surface area is 118 Å². The topological polar surface area (TPSA) is 12.0 Å². The maximum Gasteiger partial charge on any atom is 0.389 e. The van der Waals surface area contributed by atoms with Crippen LogP contribution in [-0.4, -0.2) is 12.7 Å². The summed E-state index contributed by atoms with van der Waals surface area (Å²) in [5.74, 6) is 0. The van der Waals surface area contributed by atoms with Gasteiger partial charge in [-0.1, -0.05) is 6.07 Å². The van der Waals surface area contributed by atoms with Gasteiger partial charge in [0.1, 0.15) is 0 Å². The molecule has 2 aromatic heterocycles. The SMILES string of the molecule is FC(F)(F)CCCNCc1cc(-c2cccs2)cs1. The molecule has 0 radical (unpaired) electrons. The smallest absolute Gasteiger partial charge is 0.312 e.